The molecule has 0 heterocycles. The molecule has 2 N–H and O–H groups in total. The van der Waals surface area contributed by atoms with Gasteiger partial charge in [-0.25, -0.2) is 4.79 Å². The summed E-state index contributed by atoms with van der Waals surface area (Å²) in [6, 6.07) is 5.08. The van der Waals surface area contributed by atoms with Crippen molar-refractivity contribution < 1.29 is 4.79 Å². The van der Waals surface area contributed by atoms with Crippen molar-refractivity contribution in [2.75, 3.05) is 5.32 Å². The molecule has 0 spiro atoms. The van der Waals surface area contributed by atoms with E-state index in [1.165, 1.54) is 0 Å². The maximum Gasteiger partial charge on any atom is 0.319 e. The first-order valence-corrected chi connectivity index (χ1v) is 5.68. The van der Waals surface area contributed by atoms with Gasteiger partial charge in [-0.15, -0.1) is 0 Å². The van der Waals surface area contributed by atoms with Crippen molar-refractivity contribution in [1.29, 1.82) is 0 Å². The number of anilines is 1. The van der Waals surface area contributed by atoms with E-state index in [2.05, 4.69) is 26.6 Å². The molecule has 0 saturated carbocycles. The van der Waals surface area contributed by atoms with Crippen LogP contribution >= 0.6 is 27.5 Å². The summed E-state index contributed by atoms with van der Waals surface area (Å²) in [5, 5.41) is 6.01. The first kappa shape index (κ1) is 12.3. The normalized spacial score (nSPS) is 10.2. The molecule has 2 amide bonds. The lowest BCUT2D eigenvalue weighted by atomic mass is 10.3. The second-order valence-corrected chi connectivity index (χ2v) is 4.67. The molecule has 0 bridgehead atoms. The summed E-state index contributed by atoms with van der Waals surface area (Å²) in [5.74, 6) is 0. The minimum atomic E-state index is -0.243. The Morgan fingerprint density at radius 2 is 2.13 bits per heavy atom. The summed E-state index contributed by atoms with van der Waals surface area (Å²) in [5.41, 5.74) is 0.653. The molecule has 0 radical (unpaired) electrons. The Bertz CT molecular complexity index is 368. The van der Waals surface area contributed by atoms with Crippen LogP contribution in [0.4, 0.5) is 10.5 Å². The van der Waals surface area contributed by atoms with Crippen LogP contribution in [0.5, 0.6) is 0 Å². The van der Waals surface area contributed by atoms with E-state index >= 15 is 0 Å². The molecule has 1 aromatic rings. The van der Waals surface area contributed by atoms with Crippen LogP contribution < -0.4 is 10.6 Å². The summed E-state index contributed by atoms with van der Waals surface area (Å²) in [6.07, 6.45) is 0. The number of urea groups is 1. The van der Waals surface area contributed by atoms with E-state index in [9.17, 15) is 4.79 Å². The largest absolute Gasteiger partial charge is 0.336 e. The second-order valence-electron chi connectivity index (χ2n) is 3.38. The highest BCUT2D eigenvalue weighted by Crippen LogP contribution is 2.25. The van der Waals surface area contributed by atoms with Gasteiger partial charge in [-0.1, -0.05) is 11.6 Å². The maximum atomic E-state index is 11.4. The predicted octanol–water partition coefficient (Wildman–Crippen LogP) is 3.63. The van der Waals surface area contributed by atoms with Crippen LogP contribution in [0.2, 0.25) is 5.02 Å². The van der Waals surface area contributed by atoms with Gasteiger partial charge >= 0.3 is 6.03 Å². The SMILES string of the molecule is CC(C)NC(=O)Nc1cc(Cl)ccc1Br. The average Bonchev–Trinajstić information content (AvgIpc) is 2.10. The number of rotatable bonds is 2. The van der Waals surface area contributed by atoms with Crippen LogP contribution in [0.1, 0.15) is 13.8 Å². The molecule has 0 unspecified atom stereocenters. The number of carbonyl (C=O) groups excluding carboxylic acids is 1. The van der Waals surface area contributed by atoms with Gasteiger partial charge in [0.1, 0.15) is 0 Å². The van der Waals surface area contributed by atoms with E-state index in [0.29, 0.717) is 10.7 Å². The number of carbonyl (C=O) groups is 1. The number of hydrogen-bond donors (Lipinski definition) is 2. The van der Waals surface area contributed by atoms with Crippen LogP contribution in [0.3, 0.4) is 0 Å². The molecule has 1 aromatic carbocycles. The van der Waals surface area contributed by atoms with E-state index in [1.54, 1.807) is 18.2 Å². The van der Waals surface area contributed by atoms with Gasteiger partial charge in [0.2, 0.25) is 0 Å². The van der Waals surface area contributed by atoms with Crippen LogP contribution in [0.15, 0.2) is 22.7 Å². The standard InChI is InChI=1S/C10H12BrClN2O/c1-6(2)13-10(15)14-9-5-7(12)3-4-8(9)11/h3-6H,1-2H3,(H2,13,14,15). The zero-order valence-corrected chi connectivity index (χ0v) is 10.8. The molecule has 0 aromatic heterocycles. The van der Waals surface area contributed by atoms with Gasteiger partial charge in [0.15, 0.2) is 0 Å². The summed E-state index contributed by atoms with van der Waals surface area (Å²) in [7, 11) is 0. The topological polar surface area (TPSA) is 41.1 Å². The highest BCUT2D eigenvalue weighted by atomic mass is 79.9. The van der Waals surface area contributed by atoms with Gasteiger partial charge < -0.3 is 10.6 Å². The second kappa shape index (κ2) is 5.37. The highest BCUT2D eigenvalue weighted by Gasteiger charge is 2.06. The molecular weight excluding hydrogens is 279 g/mol. The van der Waals surface area contributed by atoms with E-state index < -0.39 is 0 Å². The molecule has 0 atom stereocenters. The molecule has 0 aliphatic rings. The highest BCUT2D eigenvalue weighted by molar-refractivity contribution is 9.10. The maximum absolute atomic E-state index is 11.4. The summed E-state index contributed by atoms with van der Waals surface area (Å²) in [4.78, 5) is 11.4. The molecule has 0 saturated heterocycles. The van der Waals surface area contributed by atoms with Crippen LogP contribution in [0, 0.1) is 0 Å². The number of amides is 2. The first-order valence-electron chi connectivity index (χ1n) is 4.51. The Labute approximate surface area is 102 Å². The monoisotopic (exact) mass is 290 g/mol. The third-order valence-corrected chi connectivity index (χ3v) is 2.52. The van der Waals surface area contributed by atoms with E-state index in [1.807, 2.05) is 13.8 Å². The predicted molar refractivity (Wildman–Crippen MR) is 66.4 cm³/mol. The van der Waals surface area contributed by atoms with Crippen LogP contribution in [0.25, 0.3) is 0 Å². The Hall–Kier alpha value is -0.740. The molecule has 15 heavy (non-hydrogen) atoms. The van der Waals surface area contributed by atoms with Gasteiger partial charge in [0.05, 0.1) is 5.69 Å². The molecular formula is C10H12BrClN2O. The summed E-state index contributed by atoms with van der Waals surface area (Å²) >= 11 is 9.14. The number of nitrogens with one attached hydrogen (secondary N) is 2. The molecule has 0 fully saturated rings. The minimum Gasteiger partial charge on any atom is -0.336 e. The van der Waals surface area contributed by atoms with E-state index in [-0.39, 0.29) is 12.1 Å². The third-order valence-electron chi connectivity index (χ3n) is 1.60. The van der Waals surface area contributed by atoms with Gasteiger partial charge in [-0.3, -0.25) is 0 Å². The Balaban J connectivity index is 2.71. The zero-order chi connectivity index (χ0) is 11.4. The Morgan fingerprint density at radius 3 is 2.73 bits per heavy atom. The average molecular weight is 292 g/mol. The fourth-order valence-electron chi connectivity index (χ4n) is 1.01. The quantitative estimate of drug-likeness (QED) is 0.858. The molecule has 5 heteroatoms. The lowest BCUT2D eigenvalue weighted by Crippen LogP contribution is -2.34. The van der Waals surface area contributed by atoms with Gasteiger partial charge in [-0.05, 0) is 48.0 Å². The van der Waals surface area contributed by atoms with Crippen molar-refractivity contribution in [1.82, 2.24) is 5.32 Å². The number of benzene rings is 1. The number of halogens is 2. The zero-order valence-electron chi connectivity index (χ0n) is 8.47. The third kappa shape index (κ3) is 4.10. The Morgan fingerprint density at radius 1 is 1.47 bits per heavy atom. The molecule has 0 aliphatic carbocycles. The van der Waals surface area contributed by atoms with Gasteiger partial charge in [-0.2, -0.15) is 0 Å². The van der Waals surface area contributed by atoms with Gasteiger partial charge in [0, 0.05) is 15.5 Å². The fraction of sp³-hybridized carbons (Fsp3) is 0.300. The van der Waals surface area contributed by atoms with Crippen molar-refractivity contribution in [3.8, 4) is 0 Å². The van der Waals surface area contributed by atoms with Crippen molar-refractivity contribution in [3.05, 3.63) is 27.7 Å². The smallest absolute Gasteiger partial charge is 0.319 e. The van der Waals surface area contributed by atoms with Crippen molar-refractivity contribution in [2.24, 2.45) is 0 Å². The molecule has 82 valence electrons. The Kier molecular flexibility index (Phi) is 4.42. The molecule has 1 rings (SSSR count). The molecule has 0 aliphatic heterocycles. The van der Waals surface area contributed by atoms with Crippen molar-refractivity contribution in [3.63, 3.8) is 0 Å². The summed E-state index contributed by atoms with van der Waals surface area (Å²) < 4.78 is 0.797. The van der Waals surface area contributed by atoms with Gasteiger partial charge in [0.25, 0.3) is 0 Å². The first-order chi connectivity index (χ1) is 6.99. The van der Waals surface area contributed by atoms with Crippen molar-refractivity contribution in [2.45, 2.75) is 19.9 Å². The molecule has 3 nitrogen and oxygen atoms in total. The van der Waals surface area contributed by atoms with E-state index in [4.69, 9.17) is 11.6 Å². The fourth-order valence-corrected chi connectivity index (χ4v) is 1.53. The number of hydrogen-bond acceptors (Lipinski definition) is 1. The lowest BCUT2D eigenvalue weighted by Gasteiger charge is -2.11. The van der Waals surface area contributed by atoms with Crippen molar-refractivity contribution >= 4 is 39.2 Å². The minimum absolute atomic E-state index is 0.1000. The van der Waals surface area contributed by atoms with Crippen LogP contribution in [-0.2, 0) is 0 Å². The summed E-state index contributed by atoms with van der Waals surface area (Å²) in [6.45, 7) is 3.79. The lowest BCUT2D eigenvalue weighted by molar-refractivity contribution is 0.250. The van der Waals surface area contributed by atoms with Crippen LogP contribution in [-0.4, -0.2) is 12.1 Å². The van der Waals surface area contributed by atoms with E-state index in [0.717, 1.165) is 4.47 Å².